The lowest BCUT2D eigenvalue weighted by molar-refractivity contribution is 0.0687. The normalized spacial score (nSPS) is 9.53. The molecule has 0 unspecified atom stereocenters. The Labute approximate surface area is 85.6 Å². The monoisotopic (exact) mass is 214 g/mol. The SMILES string of the molecule is COc1nnc(OC)c(C(=O)O)c1OC. The molecule has 15 heavy (non-hydrogen) atoms. The number of hydrogen-bond acceptors (Lipinski definition) is 6. The number of aromatic nitrogens is 2. The van der Waals surface area contributed by atoms with Crippen LogP contribution in [0.3, 0.4) is 0 Å². The largest absolute Gasteiger partial charge is 0.490 e. The third-order valence-corrected chi connectivity index (χ3v) is 1.67. The van der Waals surface area contributed by atoms with Gasteiger partial charge >= 0.3 is 5.97 Å². The van der Waals surface area contributed by atoms with Crippen molar-refractivity contribution in [2.24, 2.45) is 0 Å². The molecule has 0 aromatic carbocycles. The van der Waals surface area contributed by atoms with Crippen LogP contribution in [-0.2, 0) is 0 Å². The molecule has 0 aliphatic heterocycles. The number of carbonyl (C=O) groups is 1. The van der Waals surface area contributed by atoms with E-state index < -0.39 is 5.97 Å². The topological polar surface area (TPSA) is 90.8 Å². The molecule has 1 aromatic rings. The van der Waals surface area contributed by atoms with Crippen LogP contribution < -0.4 is 14.2 Å². The number of rotatable bonds is 4. The molecule has 0 aliphatic rings. The summed E-state index contributed by atoms with van der Waals surface area (Å²) in [6.07, 6.45) is 0. The van der Waals surface area contributed by atoms with Gasteiger partial charge in [-0.1, -0.05) is 0 Å². The van der Waals surface area contributed by atoms with E-state index in [0.29, 0.717) is 0 Å². The molecule has 82 valence electrons. The van der Waals surface area contributed by atoms with Crippen molar-refractivity contribution in [3.05, 3.63) is 5.56 Å². The highest BCUT2D eigenvalue weighted by Crippen LogP contribution is 2.32. The Bertz CT molecular complexity index is 380. The Balaban J connectivity index is 3.44. The summed E-state index contributed by atoms with van der Waals surface area (Å²) >= 11 is 0. The maximum Gasteiger partial charge on any atom is 0.345 e. The van der Waals surface area contributed by atoms with E-state index in [-0.39, 0.29) is 23.1 Å². The third kappa shape index (κ3) is 1.90. The fraction of sp³-hybridized carbons (Fsp3) is 0.375. The molecule has 0 radical (unpaired) electrons. The van der Waals surface area contributed by atoms with Gasteiger partial charge in [-0.05, 0) is 0 Å². The molecule has 0 fully saturated rings. The molecule has 0 atom stereocenters. The van der Waals surface area contributed by atoms with Crippen LogP contribution in [0.25, 0.3) is 0 Å². The van der Waals surface area contributed by atoms with Gasteiger partial charge < -0.3 is 19.3 Å². The van der Waals surface area contributed by atoms with Crippen molar-refractivity contribution < 1.29 is 24.1 Å². The lowest BCUT2D eigenvalue weighted by Crippen LogP contribution is -2.08. The lowest BCUT2D eigenvalue weighted by atomic mass is 10.2. The maximum atomic E-state index is 10.9. The van der Waals surface area contributed by atoms with Crippen LogP contribution >= 0.6 is 0 Å². The standard InChI is InChI=1S/C8H10N2O5/c1-13-5-4(8(11)12)6(14-2)9-10-7(5)15-3/h1-3H3,(H,11,12). The summed E-state index contributed by atoms with van der Waals surface area (Å²) < 4.78 is 14.5. The summed E-state index contributed by atoms with van der Waals surface area (Å²) in [5.74, 6) is -1.37. The molecule has 0 amide bonds. The molecular formula is C8H10N2O5. The van der Waals surface area contributed by atoms with Crippen LogP contribution in [0, 0.1) is 0 Å². The fourth-order valence-corrected chi connectivity index (χ4v) is 1.04. The van der Waals surface area contributed by atoms with Crippen molar-refractivity contribution in [1.29, 1.82) is 0 Å². The zero-order valence-electron chi connectivity index (χ0n) is 8.47. The summed E-state index contributed by atoms with van der Waals surface area (Å²) in [5, 5.41) is 16.1. The van der Waals surface area contributed by atoms with E-state index in [2.05, 4.69) is 10.2 Å². The summed E-state index contributed by atoms with van der Waals surface area (Å²) in [4.78, 5) is 10.9. The molecule has 0 saturated carbocycles. The first kappa shape index (κ1) is 11.0. The minimum absolute atomic E-state index is 0.00398. The first-order valence-electron chi connectivity index (χ1n) is 3.91. The average Bonchev–Trinajstić information content (AvgIpc) is 2.26. The number of nitrogens with zero attached hydrogens (tertiary/aromatic N) is 2. The summed E-state index contributed by atoms with van der Waals surface area (Å²) in [6, 6.07) is 0. The van der Waals surface area contributed by atoms with Crippen LogP contribution in [0.15, 0.2) is 0 Å². The van der Waals surface area contributed by atoms with E-state index in [4.69, 9.17) is 19.3 Å². The van der Waals surface area contributed by atoms with Crippen molar-refractivity contribution in [3.8, 4) is 17.5 Å². The predicted molar refractivity (Wildman–Crippen MR) is 48.6 cm³/mol. The highest BCUT2D eigenvalue weighted by atomic mass is 16.5. The molecular weight excluding hydrogens is 204 g/mol. The minimum atomic E-state index is -1.23. The summed E-state index contributed by atoms with van der Waals surface area (Å²) in [6.45, 7) is 0. The van der Waals surface area contributed by atoms with Crippen LogP contribution in [-0.4, -0.2) is 42.6 Å². The Morgan fingerprint density at radius 1 is 1.07 bits per heavy atom. The van der Waals surface area contributed by atoms with Gasteiger partial charge in [0, 0.05) is 0 Å². The van der Waals surface area contributed by atoms with Gasteiger partial charge in [0.2, 0.25) is 5.75 Å². The second kappa shape index (κ2) is 4.45. The number of hydrogen-bond donors (Lipinski definition) is 1. The number of methoxy groups -OCH3 is 3. The van der Waals surface area contributed by atoms with E-state index in [9.17, 15) is 4.79 Å². The zero-order chi connectivity index (χ0) is 11.4. The van der Waals surface area contributed by atoms with Crippen molar-refractivity contribution >= 4 is 5.97 Å². The van der Waals surface area contributed by atoms with Gasteiger partial charge in [0.25, 0.3) is 11.8 Å². The highest BCUT2D eigenvalue weighted by Gasteiger charge is 2.24. The fourth-order valence-electron chi connectivity index (χ4n) is 1.04. The minimum Gasteiger partial charge on any atom is -0.490 e. The molecule has 0 bridgehead atoms. The number of carboxylic acid groups (broad SMARTS) is 1. The van der Waals surface area contributed by atoms with Crippen molar-refractivity contribution in [1.82, 2.24) is 10.2 Å². The highest BCUT2D eigenvalue weighted by molar-refractivity contribution is 5.94. The molecule has 0 spiro atoms. The quantitative estimate of drug-likeness (QED) is 0.765. The average molecular weight is 214 g/mol. The van der Waals surface area contributed by atoms with Crippen molar-refractivity contribution in [2.75, 3.05) is 21.3 Å². The molecule has 0 saturated heterocycles. The molecule has 1 aromatic heterocycles. The summed E-state index contributed by atoms with van der Waals surface area (Å²) in [5.41, 5.74) is -0.216. The van der Waals surface area contributed by atoms with Crippen LogP contribution in [0.1, 0.15) is 10.4 Å². The second-order valence-corrected chi connectivity index (χ2v) is 2.43. The van der Waals surface area contributed by atoms with E-state index in [1.807, 2.05) is 0 Å². The van der Waals surface area contributed by atoms with Crippen molar-refractivity contribution in [3.63, 3.8) is 0 Å². The predicted octanol–water partition coefficient (Wildman–Crippen LogP) is 0.201. The second-order valence-electron chi connectivity index (χ2n) is 2.43. The van der Waals surface area contributed by atoms with Gasteiger partial charge in [-0.3, -0.25) is 0 Å². The first-order chi connectivity index (χ1) is 7.15. The Morgan fingerprint density at radius 3 is 2.00 bits per heavy atom. The maximum absolute atomic E-state index is 10.9. The molecule has 7 heteroatoms. The van der Waals surface area contributed by atoms with Crippen LogP contribution in [0.2, 0.25) is 0 Å². The third-order valence-electron chi connectivity index (χ3n) is 1.67. The zero-order valence-corrected chi connectivity index (χ0v) is 8.47. The Hall–Kier alpha value is -2.05. The lowest BCUT2D eigenvalue weighted by Gasteiger charge is -2.10. The van der Waals surface area contributed by atoms with E-state index >= 15 is 0 Å². The Kier molecular flexibility index (Phi) is 3.27. The van der Waals surface area contributed by atoms with Gasteiger partial charge in [-0.15, -0.1) is 10.2 Å². The van der Waals surface area contributed by atoms with Gasteiger partial charge in [0.15, 0.2) is 5.56 Å². The van der Waals surface area contributed by atoms with Gasteiger partial charge in [0.1, 0.15) is 0 Å². The number of ether oxygens (including phenoxy) is 3. The number of carboxylic acids is 1. The van der Waals surface area contributed by atoms with Gasteiger partial charge in [-0.2, -0.15) is 0 Å². The van der Waals surface area contributed by atoms with Crippen LogP contribution in [0.4, 0.5) is 0 Å². The number of aromatic carboxylic acids is 1. The summed E-state index contributed by atoms with van der Waals surface area (Å²) in [7, 11) is 3.94. The van der Waals surface area contributed by atoms with Gasteiger partial charge in [0.05, 0.1) is 21.3 Å². The molecule has 1 N–H and O–H groups in total. The van der Waals surface area contributed by atoms with Gasteiger partial charge in [-0.25, -0.2) is 4.79 Å². The van der Waals surface area contributed by atoms with E-state index in [1.165, 1.54) is 21.3 Å². The van der Waals surface area contributed by atoms with Crippen LogP contribution in [0.5, 0.6) is 17.5 Å². The Morgan fingerprint density at radius 2 is 1.60 bits per heavy atom. The van der Waals surface area contributed by atoms with E-state index in [0.717, 1.165) is 0 Å². The van der Waals surface area contributed by atoms with E-state index in [1.54, 1.807) is 0 Å². The first-order valence-corrected chi connectivity index (χ1v) is 3.91. The molecule has 0 aliphatic carbocycles. The van der Waals surface area contributed by atoms with Crippen molar-refractivity contribution in [2.45, 2.75) is 0 Å². The molecule has 1 rings (SSSR count). The smallest absolute Gasteiger partial charge is 0.345 e. The molecule has 7 nitrogen and oxygen atoms in total. The molecule has 1 heterocycles.